The van der Waals surface area contributed by atoms with E-state index >= 15 is 0 Å². The summed E-state index contributed by atoms with van der Waals surface area (Å²) >= 11 is 0. The van der Waals surface area contributed by atoms with E-state index in [9.17, 15) is 14.4 Å². The highest BCUT2D eigenvalue weighted by Crippen LogP contribution is 2.26. The number of hydrogen-bond acceptors (Lipinski definition) is 4. The minimum Gasteiger partial charge on any atom is -0.354 e. The van der Waals surface area contributed by atoms with Crippen LogP contribution in [0, 0.1) is 12.8 Å². The van der Waals surface area contributed by atoms with Crippen LogP contribution in [0.2, 0.25) is 0 Å². The smallest absolute Gasteiger partial charge is 0.272 e. The van der Waals surface area contributed by atoms with Crippen molar-refractivity contribution in [2.24, 2.45) is 5.92 Å². The van der Waals surface area contributed by atoms with Crippen LogP contribution in [0.1, 0.15) is 59.3 Å². The third-order valence-corrected chi connectivity index (χ3v) is 5.80. The van der Waals surface area contributed by atoms with Gasteiger partial charge in [0.25, 0.3) is 11.8 Å². The van der Waals surface area contributed by atoms with Crippen LogP contribution in [0.3, 0.4) is 0 Å². The molecule has 31 heavy (non-hydrogen) atoms. The Morgan fingerprint density at radius 1 is 1.19 bits per heavy atom. The summed E-state index contributed by atoms with van der Waals surface area (Å²) in [5, 5.41) is 10.1. The largest absolute Gasteiger partial charge is 0.354 e. The predicted octanol–water partition coefficient (Wildman–Crippen LogP) is 2.13. The molecule has 8 heteroatoms. The number of amides is 3. The Balaban J connectivity index is 1.72. The fraction of sp³-hybridized carbons (Fsp3) is 0.478. The maximum Gasteiger partial charge on any atom is 0.272 e. The van der Waals surface area contributed by atoms with Gasteiger partial charge in [-0.3, -0.25) is 19.1 Å². The highest BCUT2D eigenvalue weighted by molar-refractivity contribution is 6.01. The van der Waals surface area contributed by atoms with Crippen LogP contribution in [-0.4, -0.2) is 51.5 Å². The first kappa shape index (κ1) is 22.5. The molecule has 3 rings (SSSR count). The van der Waals surface area contributed by atoms with E-state index in [1.54, 1.807) is 14.0 Å². The number of nitrogens with zero attached hydrogens (tertiary/aromatic N) is 3. The van der Waals surface area contributed by atoms with Crippen LogP contribution in [0.5, 0.6) is 0 Å². The van der Waals surface area contributed by atoms with Crippen LogP contribution < -0.4 is 10.6 Å². The molecule has 1 aliphatic heterocycles. The Kier molecular flexibility index (Phi) is 6.48. The van der Waals surface area contributed by atoms with Gasteiger partial charge in [0.1, 0.15) is 11.2 Å². The molecular weight excluding hydrogens is 394 g/mol. The average Bonchev–Trinajstić information content (AvgIpc) is 3.15. The number of likely N-dealkylation sites (N-methyl/N-ethyl adjacent to an activating group) is 1. The molecule has 0 fully saturated rings. The van der Waals surface area contributed by atoms with Crippen molar-refractivity contribution in [3.8, 4) is 0 Å². The summed E-state index contributed by atoms with van der Waals surface area (Å²) in [5.41, 5.74) is 1.51. The lowest BCUT2D eigenvalue weighted by molar-refractivity contribution is -0.132. The molecular formula is C23H31N5O3. The van der Waals surface area contributed by atoms with Gasteiger partial charge >= 0.3 is 0 Å². The van der Waals surface area contributed by atoms with Gasteiger partial charge in [0.05, 0.1) is 6.54 Å². The van der Waals surface area contributed by atoms with Gasteiger partial charge in [-0.25, -0.2) is 0 Å². The highest BCUT2D eigenvalue weighted by Gasteiger charge is 2.46. The lowest BCUT2D eigenvalue weighted by Crippen LogP contribution is -2.62. The molecule has 0 spiro atoms. The SMILES string of the molecule is Cc1ccc(CNC(=O)c2cc3n(n2)C[C@](C)(C(=O)NCCC(C)C)N(C)C3=O)cc1. The number of rotatable bonds is 7. The third-order valence-electron chi connectivity index (χ3n) is 5.80. The topological polar surface area (TPSA) is 96.3 Å². The van der Waals surface area contributed by atoms with Crippen molar-refractivity contribution in [1.82, 2.24) is 25.3 Å². The van der Waals surface area contributed by atoms with E-state index in [4.69, 9.17) is 0 Å². The molecule has 166 valence electrons. The van der Waals surface area contributed by atoms with Gasteiger partial charge in [-0.1, -0.05) is 43.7 Å². The average molecular weight is 426 g/mol. The normalized spacial score (nSPS) is 18.1. The van der Waals surface area contributed by atoms with Crippen molar-refractivity contribution < 1.29 is 14.4 Å². The zero-order valence-electron chi connectivity index (χ0n) is 18.9. The molecule has 8 nitrogen and oxygen atoms in total. The Labute approximate surface area is 183 Å². The van der Waals surface area contributed by atoms with E-state index < -0.39 is 5.54 Å². The number of carbonyl (C=O) groups excluding carboxylic acids is 3. The summed E-state index contributed by atoms with van der Waals surface area (Å²) in [6, 6.07) is 9.36. The van der Waals surface area contributed by atoms with E-state index in [1.165, 1.54) is 15.6 Å². The molecule has 1 aliphatic rings. The van der Waals surface area contributed by atoms with Crippen molar-refractivity contribution in [1.29, 1.82) is 0 Å². The molecule has 0 radical (unpaired) electrons. The van der Waals surface area contributed by atoms with Crippen molar-refractivity contribution in [3.63, 3.8) is 0 Å². The van der Waals surface area contributed by atoms with Crippen LogP contribution >= 0.6 is 0 Å². The molecule has 1 aromatic heterocycles. The summed E-state index contributed by atoms with van der Waals surface area (Å²) in [6.45, 7) is 9.00. The third kappa shape index (κ3) is 4.78. The maximum atomic E-state index is 12.9. The van der Waals surface area contributed by atoms with E-state index in [1.807, 2.05) is 31.2 Å². The van der Waals surface area contributed by atoms with Gasteiger partial charge in [-0.2, -0.15) is 5.10 Å². The summed E-state index contributed by atoms with van der Waals surface area (Å²) < 4.78 is 1.46. The minimum absolute atomic E-state index is 0.160. The first-order chi connectivity index (χ1) is 14.6. The second-order valence-corrected chi connectivity index (χ2v) is 8.82. The predicted molar refractivity (Wildman–Crippen MR) is 118 cm³/mol. The molecule has 3 amide bonds. The van der Waals surface area contributed by atoms with Crippen LogP contribution in [-0.2, 0) is 17.9 Å². The van der Waals surface area contributed by atoms with Gasteiger partial charge in [0.15, 0.2) is 5.69 Å². The summed E-state index contributed by atoms with van der Waals surface area (Å²) in [7, 11) is 1.61. The molecule has 0 saturated heterocycles. The monoisotopic (exact) mass is 425 g/mol. The van der Waals surface area contributed by atoms with Crippen LogP contribution in [0.4, 0.5) is 0 Å². The van der Waals surface area contributed by atoms with E-state index in [2.05, 4.69) is 29.6 Å². The highest BCUT2D eigenvalue weighted by atomic mass is 16.2. The van der Waals surface area contributed by atoms with Crippen molar-refractivity contribution in [3.05, 3.63) is 52.8 Å². The quantitative estimate of drug-likeness (QED) is 0.710. The van der Waals surface area contributed by atoms with E-state index in [-0.39, 0.29) is 30.0 Å². The minimum atomic E-state index is -1.08. The number of carbonyl (C=O) groups is 3. The fourth-order valence-electron chi connectivity index (χ4n) is 3.48. The number of fused-ring (bicyclic) bond motifs is 1. The number of benzene rings is 1. The van der Waals surface area contributed by atoms with Gasteiger partial charge in [0.2, 0.25) is 5.91 Å². The van der Waals surface area contributed by atoms with E-state index in [0.717, 1.165) is 17.5 Å². The molecule has 2 aromatic rings. The Morgan fingerprint density at radius 3 is 2.52 bits per heavy atom. The maximum absolute atomic E-state index is 12.9. The van der Waals surface area contributed by atoms with Gasteiger partial charge in [-0.05, 0) is 31.7 Å². The van der Waals surface area contributed by atoms with Crippen molar-refractivity contribution >= 4 is 17.7 Å². The second-order valence-electron chi connectivity index (χ2n) is 8.82. The molecule has 1 aromatic carbocycles. The summed E-state index contributed by atoms with van der Waals surface area (Å²) in [5.74, 6) is -0.452. The van der Waals surface area contributed by atoms with Gasteiger partial charge < -0.3 is 15.5 Å². The molecule has 0 unspecified atom stereocenters. The van der Waals surface area contributed by atoms with Gasteiger partial charge in [0, 0.05) is 26.2 Å². The number of aromatic nitrogens is 2. The molecule has 2 heterocycles. The van der Waals surface area contributed by atoms with Crippen LogP contribution in [0.25, 0.3) is 0 Å². The zero-order valence-corrected chi connectivity index (χ0v) is 18.9. The first-order valence-corrected chi connectivity index (χ1v) is 10.6. The molecule has 0 bridgehead atoms. The molecule has 1 atom stereocenters. The molecule has 2 N–H and O–H groups in total. The van der Waals surface area contributed by atoms with Crippen molar-refractivity contribution in [2.75, 3.05) is 13.6 Å². The van der Waals surface area contributed by atoms with Crippen molar-refractivity contribution in [2.45, 2.75) is 52.7 Å². The Hall–Kier alpha value is -3.16. The number of nitrogens with one attached hydrogen (secondary N) is 2. The molecule has 0 aliphatic carbocycles. The number of aryl methyl sites for hydroxylation is 1. The van der Waals surface area contributed by atoms with Crippen LogP contribution in [0.15, 0.2) is 30.3 Å². The van der Waals surface area contributed by atoms with E-state index in [0.29, 0.717) is 24.7 Å². The Bertz CT molecular complexity index is 980. The standard InChI is InChI=1S/C23H31N5O3/c1-15(2)10-11-24-22(31)23(4)14-28-19(21(30)27(23)5)12-18(26-28)20(29)25-13-17-8-6-16(3)7-9-17/h6-9,12,15H,10-11,13-14H2,1-5H3,(H,24,31)(H,25,29)/t23-/m1/s1. The lowest BCUT2D eigenvalue weighted by Gasteiger charge is -2.40. The zero-order chi connectivity index (χ0) is 22.8. The number of hydrogen-bond donors (Lipinski definition) is 2. The molecule has 0 saturated carbocycles. The lowest BCUT2D eigenvalue weighted by atomic mass is 9.95. The second kappa shape index (κ2) is 8.91. The Morgan fingerprint density at radius 2 is 1.87 bits per heavy atom. The first-order valence-electron chi connectivity index (χ1n) is 10.6. The summed E-state index contributed by atoms with van der Waals surface area (Å²) in [4.78, 5) is 39.8. The fourth-order valence-corrected chi connectivity index (χ4v) is 3.48. The summed E-state index contributed by atoms with van der Waals surface area (Å²) in [6.07, 6.45) is 0.859. The van der Waals surface area contributed by atoms with Gasteiger partial charge in [-0.15, -0.1) is 0 Å².